The number of hydrogen-bond donors (Lipinski definition) is 3. The Morgan fingerprint density at radius 2 is 2.03 bits per heavy atom. The monoisotopic (exact) mass is 495 g/mol. The Balaban J connectivity index is 1.30. The van der Waals surface area contributed by atoms with Crippen molar-refractivity contribution in [3.63, 3.8) is 0 Å². The van der Waals surface area contributed by atoms with Crippen molar-refractivity contribution >= 4 is 11.6 Å². The number of benzene rings is 2. The molecule has 0 saturated heterocycles. The molecule has 1 fully saturated rings. The Morgan fingerprint density at radius 1 is 1.19 bits per heavy atom. The van der Waals surface area contributed by atoms with E-state index < -0.39 is 5.91 Å². The molecule has 2 aromatic rings. The van der Waals surface area contributed by atoms with Crippen LogP contribution in [0, 0.1) is 5.92 Å². The molecular weight excluding hydrogens is 454 g/mol. The summed E-state index contributed by atoms with van der Waals surface area (Å²) in [6, 6.07) is 10.6. The number of amides is 1. The van der Waals surface area contributed by atoms with E-state index in [1.807, 2.05) is 12.1 Å². The molecule has 4 N–H and O–H groups in total. The number of anilines is 1. The molecule has 1 amide bonds. The molecule has 7 heteroatoms. The van der Waals surface area contributed by atoms with Crippen molar-refractivity contribution in [2.75, 3.05) is 44.4 Å². The smallest absolute Gasteiger partial charge is 0.250 e. The van der Waals surface area contributed by atoms with Gasteiger partial charge in [-0.25, -0.2) is 0 Å². The Bertz CT molecular complexity index is 1040. The van der Waals surface area contributed by atoms with E-state index >= 15 is 0 Å². The molecule has 2 aromatic carbocycles. The molecule has 2 aliphatic rings. The highest BCUT2D eigenvalue weighted by Gasteiger charge is 2.25. The second-order valence-electron chi connectivity index (χ2n) is 10.1. The zero-order valence-electron chi connectivity index (χ0n) is 21.7. The van der Waals surface area contributed by atoms with Crippen molar-refractivity contribution in [2.24, 2.45) is 11.7 Å². The topological polar surface area (TPSA) is 97.0 Å². The fraction of sp³-hybridized carbons (Fsp3) is 0.552. The third-order valence-electron chi connectivity index (χ3n) is 7.05. The highest BCUT2D eigenvalue weighted by atomic mass is 16.5. The molecule has 4 rings (SSSR count). The van der Waals surface area contributed by atoms with Gasteiger partial charge in [-0.3, -0.25) is 4.79 Å². The van der Waals surface area contributed by atoms with Crippen LogP contribution < -0.4 is 25.4 Å². The lowest BCUT2D eigenvalue weighted by molar-refractivity contribution is 0.100. The lowest BCUT2D eigenvalue weighted by atomic mass is 9.98. The minimum atomic E-state index is -0.396. The van der Waals surface area contributed by atoms with E-state index in [1.165, 1.54) is 24.0 Å². The quantitative estimate of drug-likeness (QED) is 0.327. The first kappa shape index (κ1) is 26.3. The minimum absolute atomic E-state index is 0.140. The van der Waals surface area contributed by atoms with Crippen LogP contribution in [0.25, 0.3) is 0 Å². The van der Waals surface area contributed by atoms with Crippen LogP contribution in [0.2, 0.25) is 0 Å². The highest BCUT2D eigenvalue weighted by molar-refractivity contribution is 6.00. The van der Waals surface area contributed by atoms with Gasteiger partial charge in [0.05, 0.1) is 17.9 Å². The standard InChI is InChI=1S/C29H41N3O4/c1-3-21-7-8-26(27(18-21)36-19-22-5-6-22)35-14-10-31-20(2)15-23-16-24-9-12-32(11-4-13-33)28(24)25(17-23)29(30)34/h7-8,16-18,20,22,31,33H,3-6,9-15,19H2,1-2H3,(H2,30,34)/t20-/m1/s1. The number of nitrogens with zero attached hydrogens (tertiary/aromatic N) is 1. The molecule has 1 heterocycles. The van der Waals surface area contributed by atoms with Crippen molar-refractivity contribution in [1.82, 2.24) is 5.32 Å². The fourth-order valence-corrected chi connectivity index (χ4v) is 4.87. The maximum Gasteiger partial charge on any atom is 0.250 e. The van der Waals surface area contributed by atoms with Crippen LogP contribution in [0.4, 0.5) is 5.69 Å². The summed E-state index contributed by atoms with van der Waals surface area (Å²) >= 11 is 0. The Kier molecular flexibility index (Phi) is 9.10. The largest absolute Gasteiger partial charge is 0.489 e. The lowest BCUT2D eigenvalue weighted by Crippen LogP contribution is -2.32. The van der Waals surface area contributed by atoms with Crippen LogP contribution in [0.1, 0.15) is 60.2 Å². The summed E-state index contributed by atoms with van der Waals surface area (Å²) < 4.78 is 12.1. The second kappa shape index (κ2) is 12.5. The predicted molar refractivity (Wildman–Crippen MR) is 143 cm³/mol. The molecule has 1 aliphatic heterocycles. The molecule has 0 unspecified atom stereocenters. The van der Waals surface area contributed by atoms with Crippen LogP contribution in [0.3, 0.4) is 0 Å². The van der Waals surface area contributed by atoms with Gasteiger partial charge in [0.15, 0.2) is 11.5 Å². The van der Waals surface area contributed by atoms with Crippen molar-refractivity contribution in [3.05, 3.63) is 52.6 Å². The molecule has 1 aliphatic carbocycles. The van der Waals surface area contributed by atoms with Crippen LogP contribution in [0.5, 0.6) is 11.5 Å². The molecule has 0 bridgehead atoms. The molecule has 196 valence electrons. The first-order chi connectivity index (χ1) is 17.5. The van der Waals surface area contributed by atoms with Crippen LogP contribution >= 0.6 is 0 Å². The average Bonchev–Trinajstić information content (AvgIpc) is 3.62. The summed E-state index contributed by atoms with van der Waals surface area (Å²) in [6.45, 7) is 8.05. The zero-order chi connectivity index (χ0) is 25.5. The summed E-state index contributed by atoms with van der Waals surface area (Å²) in [6.07, 6.45) is 5.87. The van der Waals surface area contributed by atoms with Gasteiger partial charge in [-0.15, -0.1) is 0 Å². The van der Waals surface area contributed by atoms with E-state index in [9.17, 15) is 9.90 Å². The van der Waals surface area contributed by atoms with E-state index in [-0.39, 0.29) is 12.6 Å². The first-order valence-electron chi connectivity index (χ1n) is 13.4. The van der Waals surface area contributed by atoms with Crippen molar-refractivity contribution in [2.45, 2.75) is 58.4 Å². The van der Waals surface area contributed by atoms with Crippen LogP contribution in [-0.4, -0.2) is 56.5 Å². The van der Waals surface area contributed by atoms with Crippen LogP contribution in [-0.2, 0) is 19.3 Å². The number of ether oxygens (including phenoxy) is 2. The number of nitrogens with one attached hydrogen (secondary N) is 1. The van der Waals surface area contributed by atoms with E-state index in [4.69, 9.17) is 15.2 Å². The van der Waals surface area contributed by atoms with Crippen molar-refractivity contribution < 1.29 is 19.4 Å². The van der Waals surface area contributed by atoms with Crippen molar-refractivity contribution in [3.8, 4) is 11.5 Å². The maximum atomic E-state index is 12.2. The summed E-state index contributed by atoms with van der Waals surface area (Å²) in [7, 11) is 0. The molecule has 7 nitrogen and oxygen atoms in total. The van der Waals surface area contributed by atoms with Gasteiger partial charge in [-0.2, -0.15) is 0 Å². The number of aryl methyl sites for hydroxylation is 1. The minimum Gasteiger partial charge on any atom is -0.489 e. The fourth-order valence-electron chi connectivity index (χ4n) is 4.87. The van der Waals surface area contributed by atoms with Gasteiger partial charge in [-0.1, -0.05) is 19.1 Å². The molecular formula is C29H41N3O4. The number of carbonyl (C=O) groups is 1. The Hall–Kier alpha value is -2.77. The summed E-state index contributed by atoms with van der Waals surface area (Å²) in [5.41, 5.74) is 10.8. The van der Waals surface area contributed by atoms with E-state index in [1.54, 1.807) is 0 Å². The van der Waals surface area contributed by atoms with Gasteiger partial charge in [0.25, 0.3) is 5.91 Å². The van der Waals surface area contributed by atoms with Crippen molar-refractivity contribution in [1.29, 1.82) is 0 Å². The van der Waals surface area contributed by atoms with Gasteiger partial charge >= 0.3 is 0 Å². The van der Waals surface area contributed by atoms with Gasteiger partial charge in [0.1, 0.15) is 6.61 Å². The third-order valence-corrected chi connectivity index (χ3v) is 7.05. The number of aliphatic hydroxyl groups excluding tert-OH is 1. The number of rotatable bonds is 15. The normalized spacial score (nSPS) is 15.6. The number of carbonyl (C=O) groups excluding carboxylic acids is 1. The molecule has 0 radical (unpaired) electrons. The highest BCUT2D eigenvalue weighted by Crippen LogP contribution is 2.34. The molecule has 36 heavy (non-hydrogen) atoms. The van der Waals surface area contributed by atoms with Gasteiger partial charge in [0.2, 0.25) is 0 Å². The predicted octanol–water partition coefficient (Wildman–Crippen LogP) is 3.48. The number of primary amides is 1. The second-order valence-corrected chi connectivity index (χ2v) is 10.1. The first-order valence-corrected chi connectivity index (χ1v) is 13.4. The zero-order valence-corrected chi connectivity index (χ0v) is 21.7. The van der Waals surface area contributed by atoms with Gasteiger partial charge in [-0.05, 0) is 86.3 Å². The number of hydrogen-bond acceptors (Lipinski definition) is 6. The summed E-state index contributed by atoms with van der Waals surface area (Å²) in [4.78, 5) is 14.4. The third kappa shape index (κ3) is 6.92. The van der Waals surface area contributed by atoms with E-state index in [0.29, 0.717) is 31.1 Å². The summed E-state index contributed by atoms with van der Waals surface area (Å²) in [5, 5.41) is 12.7. The van der Waals surface area contributed by atoms with Gasteiger partial charge < -0.3 is 30.5 Å². The molecule has 0 aromatic heterocycles. The molecule has 1 atom stereocenters. The average molecular weight is 496 g/mol. The number of fused-ring (bicyclic) bond motifs is 1. The van der Waals surface area contributed by atoms with E-state index in [0.717, 1.165) is 61.7 Å². The van der Waals surface area contributed by atoms with E-state index in [2.05, 4.69) is 42.3 Å². The number of aliphatic hydroxyl groups is 1. The SMILES string of the molecule is CCc1ccc(OCCN[C@H](C)Cc2cc3c(c(C(N)=O)c2)N(CCCO)CC3)c(OCC2CC2)c1. The Labute approximate surface area is 215 Å². The maximum absolute atomic E-state index is 12.2. The summed E-state index contributed by atoms with van der Waals surface area (Å²) in [5.74, 6) is 1.95. The number of nitrogens with two attached hydrogens (primary N) is 1. The molecule has 1 saturated carbocycles. The Morgan fingerprint density at radius 3 is 2.75 bits per heavy atom. The van der Waals surface area contributed by atoms with Crippen LogP contribution in [0.15, 0.2) is 30.3 Å². The molecule has 0 spiro atoms. The lowest BCUT2D eigenvalue weighted by Gasteiger charge is -2.22. The van der Waals surface area contributed by atoms with Gasteiger partial charge in [0, 0.05) is 32.3 Å².